The van der Waals surface area contributed by atoms with E-state index in [0.717, 1.165) is 33.5 Å². The maximum atomic E-state index is 16.4. The van der Waals surface area contributed by atoms with E-state index in [2.05, 4.69) is 65.9 Å². The number of benzene rings is 4. The van der Waals surface area contributed by atoms with E-state index in [-0.39, 0.29) is 5.41 Å². The first-order valence-corrected chi connectivity index (χ1v) is 15.3. The molecule has 7 aromatic rings. The Morgan fingerprint density at radius 1 is 0.698 bits per heavy atom. The summed E-state index contributed by atoms with van der Waals surface area (Å²) in [5, 5.41) is 2.28. The van der Waals surface area contributed by atoms with Gasteiger partial charge in [0.25, 0.3) is 0 Å². The molecule has 5 heteroatoms. The predicted molar refractivity (Wildman–Crippen MR) is 174 cm³/mol. The van der Waals surface area contributed by atoms with Crippen LogP contribution in [0.2, 0.25) is 0 Å². The molecule has 3 aromatic heterocycles. The van der Waals surface area contributed by atoms with Crippen molar-refractivity contribution in [3.05, 3.63) is 150 Å². The van der Waals surface area contributed by atoms with Crippen molar-refractivity contribution in [3.8, 4) is 17.1 Å². The first-order valence-electron chi connectivity index (χ1n) is 14.5. The fraction of sp³-hybridized carbons (Fsp3) is 0.105. The fourth-order valence-corrected chi connectivity index (χ4v) is 8.04. The molecule has 4 aromatic carbocycles. The fourth-order valence-electron chi connectivity index (χ4n) is 6.49. The SMILES string of the molecule is CC1(C)c2ccccc2Sc2c1ccc1c2c2ccc(C(F)c3cccc(-c4ccccn4)c3)cc2n1-c1ccccn1. The number of fused-ring (bicyclic) bond motifs is 6. The second-order valence-corrected chi connectivity index (χ2v) is 12.6. The number of hydrogen-bond acceptors (Lipinski definition) is 3. The van der Waals surface area contributed by atoms with Gasteiger partial charge in [-0.05, 0) is 70.8 Å². The van der Waals surface area contributed by atoms with E-state index in [1.807, 2.05) is 90.8 Å². The topological polar surface area (TPSA) is 30.7 Å². The van der Waals surface area contributed by atoms with Crippen LogP contribution in [0.1, 0.15) is 42.3 Å². The molecule has 0 aliphatic carbocycles. The van der Waals surface area contributed by atoms with Gasteiger partial charge in [-0.15, -0.1) is 0 Å². The molecule has 1 unspecified atom stereocenters. The maximum Gasteiger partial charge on any atom is 0.150 e. The highest BCUT2D eigenvalue weighted by molar-refractivity contribution is 7.99. The van der Waals surface area contributed by atoms with Crippen LogP contribution in [0.3, 0.4) is 0 Å². The van der Waals surface area contributed by atoms with Gasteiger partial charge in [0.1, 0.15) is 5.82 Å². The van der Waals surface area contributed by atoms with Gasteiger partial charge in [-0.25, -0.2) is 9.37 Å². The minimum absolute atomic E-state index is 0.145. The molecule has 4 heterocycles. The molecule has 0 radical (unpaired) electrons. The Labute approximate surface area is 254 Å². The van der Waals surface area contributed by atoms with Crippen molar-refractivity contribution in [1.82, 2.24) is 14.5 Å². The predicted octanol–water partition coefficient (Wildman–Crippen LogP) is 10.1. The lowest BCUT2D eigenvalue weighted by molar-refractivity contribution is 0.402. The van der Waals surface area contributed by atoms with Gasteiger partial charge in [0, 0.05) is 43.9 Å². The van der Waals surface area contributed by atoms with Crippen LogP contribution in [0.15, 0.2) is 137 Å². The Morgan fingerprint density at radius 3 is 2.30 bits per heavy atom. The lowest BCUT2D eigenvalue weighted by atomic mass is 9.77. The largest absolute Gasteiger partial charge is 0.294 e. The number of aromatic nitrogens is 3. The number of pyridine rings is 2. The molecule has 0 saturated carbocycles. The monoisotopic (exact) mass is 577 g/mol. The van der Waals surface area contributed by atoms with Gasteiger partial charge in [0.15, 0.2) is 6.17 Å². The molecule has 0 spiro atoms. The Kier molecular flexibility index (Phi) is 5.98. The van der Waals surface area contributed by atoms with E-state index in [4.69, 9.17) is 4.98 Å². The van der Waals surface area contributed by atoms with Crippen LogP contribution in [-0.2, 0) is 5.41 Å². The first-order chi connectivity index (χ1) is 21.0. The van der Waals surface area contributed by atoms with Crippen molar-refractivity contribution >= 4 is 33.6 Å². The van der Waals surface area contributed by atoms with Crippen LogP contribution in [-0.4, -0.2) is 14.5 Å². The highest BCUT2D eigenvalue weighted by Gasteiger charge is 2.35. The Balaban J connectivity index is 1.34. The minimum Gasteiger partial charge on any atom is -0.294 e. The molecule has 8 rings (SSSR count). The Hall–Kier alpha value is -4.74. The molecule has 0 N–H and O–H groups in total. The number of hydrogen-bond donors (Lipinski definition) is 0. The summed E-state index contributed by atoms with van der Waals surface area (Å²) in [6, 6.07) is 38.5. The van der Waals surface area contributed by atoms with Crippen molar-refractivity contribution < 1.29 is 4.39 Å². The highest BCUT2D eigenvalue weighted by Crippen LogP contribution is 2.53. The van der Waals surface area contributed by atoms with E-state index in [0.29, 0.717) is 11.1 Å². The molecule has 0 fully saturated rings. The zero-order chi connectivity index (χ0) is 29.1. The summed E-state index contributed by atoms with van der Waals surface area (Å²) in [7, 11) is 0. The average Bonchev–Trinajstić information content (AvgIpc) is 3.39. The van der Waals surface area contributed by atoms with Crippen molar-refractivity contribution in [1.29, 1.82) is 0 Å². The maximum absolute atomic E-state index is 16.4. The van der Waals surface area contributed by atoms with E-state index in [9.17, 15) is 0 Å². The molecule has 0 amide bonds. The zero-order valence-corrected chi connectivity index (χ0v) is 24.6. The van der Waals surface area contributed by atoms with Gasteiger partial charge in [-0.3, -0.25) is 9.55 Å². The normalized spacial score (nSPS) is 14.4. The van der Waals surface area contributed by atoms with Crippen LogP contribution in [0.5, 0.6) is 0 Å². The summed E-state index contributed by atoms with van der Waals surface area (Å²) >= 11 is 1.83. The number of rotatable bonds is 4. The third kappa shape index (κ3) is 4.10. The molecule has 1 atom stereocenters. The second kappa shape index (κ2) is 9.92. The molecule has 1 aliphatic rings. The van der Waals surface area contributed by atoms with Crippen LogP contribution >= 0.6 is 11.8 Å². The third-order valence-corrected chi connectivity index (χ3v) is 9.87. The van der Waals surface area contributed by atoms with Gasteiger partial charge in [-0.1, -0.05) is 92.3 Å². The number of halogens is 1. The molecule has 3 nitrogen and oxygen atoms in total. The van der Waals surface area contributed by atoms with Gasteiger partial charge in [-0.2, -0.15) is 0 Å². The molecular weight excluding hydrogens is 550 g/mol. The zero-order valence-electron chi connectivity index (χ0n) is 23.8. The molecule has 208 valence electrons. The smallest absolute Gasteiger partial charge is 0.150 e. The summed E-state index contributed by atoms with van der Waals surface area (Å²) in [6.07, 6.45) is 2.28. The second-order valence-electron chi connectivity index (χ2n) is 11.6. The van der Waals surface area contributed by atoms with E-state index >= 15 is 4.39 Å². The summed E-state index contributed by atoms with van der Waals surface area (Å²) < 4.78 is 18.6. The van der Waals surface area contributed by atoms with Crippen molar-refractivity contribution in [2.75, 3.05) is 0 Å². The van der Waals surface area contributed by atoms with Crippen LogP contribution in [0, 0.1) is 0 Å². The average molecular weight is 578 g/mol. The first kappa shape index (κ1) is 25.9. The quantitative estimate of drug-likeness (QED) is 0.209. The summed E-state index contributed by atoms with van der Waals surface area (Å²) in [5.74, 6) is 0.813. The Bertz CT molecular complexity index is 2150. The van der Waals surface area contributed by atoms with E-state index in [1.54, 1.807) is 6.20 Å². The third-order valence-electron chi connectivity index (χ3n) is 8.67. The summed E-state index contributed by atoms with van der Waals surface area (Å²) in [5.41, 5.74) is 7.46. The summed E-state index contributed by atoms with van der Waals surface area (Å²) in [6.45, 7) is 4.61. The summed E-state index contributed by atoms with van der Waals surface area (Å²) in [4.78, 5) is 11.7. The molecular formula is C38H28FN3S. The lowest BCUT2D eigenvalue weighted by Gasteiger charge is -2.35. The van der Waals surface area contributed by atoms with Crippen LogP contribution in [0.25, 0.3) is 38.9 Å². The van der Waals surface area contributed by atoms with Crippen LogP contribution < -0.4 is 0 Å². The van der Waals surface area contributed by atoms with Gasteiger partial charge < -0.3 is 0 Å². The van der Waals surface area contributed by atoms with Crippen LogP contribution in [0.4, 0.5) is 4.39 Å². The standard InChI is InChI=1S/C38H28FN3S/c1-38(2)28-12-3-4-14-33(28)43-37-29(38)18-19-31-35(37)27-17-16-26(23-32(27)42(31)34-15-6-8-21-41-34)36(39)25-11-9-10-24(22-25)30-13-5-7-20-40-30/h3-23,36H,1-2H3. The highest BCUT2D eigenvalue weighted by atomic mass is 32.2. The van der Waals surface area contributed by atoms with E-state index < -0.39 is 6.17 Å². The molecule has 1 aliphatic heterocycles. The van der Waals surface area contributed by atoms with Crippen molar-refractivity contribution in [2.24, 2.45) is 0 Å². The van der Waals surface area contributed by atoms with Gasteiger partial charge in [0.2, 0.25) is 0 Å². The lowest BCUT2D eigenvalue weighted by Crippen LogP contribution is -2.23. The molecule has 0 saturated heterocycles. The van der Waals surface area contributed by atoms with Gasteiger partial charge in [0.05, 0.1) is 16.7 Å². The van der Waals surface area contributed by atoms with E-state index in [1.165, 1.54) is 26.3 Å². The number of nitrogens with zero attached hydrogens (tertiary/aromatic N) is 3. The number of alkyl halides is 1. The molecule has 43 heavy (non-hydrogen) atoms. The van der Waals surface area contributed by atoms with Gasteiger partial charge >= 0.3 is 0 Å². The van der Waals surface area contributed by atoms with Crippen molar-refractivity contribution in [2.45, 2.75) is 35.2 Å². The van der Waals surface area contributed by atoms with Crippen molar-refractivity contribution in [3.63, 3.8) is 0 Å². The minimum atomic E-state index is -1.29. The Morgan fingerprint density at radius 2 is 1.49 bits per heavy atom. The molecule has 0 bridgehead atoms.